The molecule has 4 aromatic carbocycles. The van der Waals surface area contributed by atoms with Gasteiger partial charge < -0.3 is 39.4 Å². The number of rotatable bonds is 29. The number of hydrogen-bond donors (Lipinski definition) is 4. The zero-order valence-electron chi connectivity index (χ0n) is 43.0. The number of carboxylic acids is 2. The highest BCUT2D eigenvalue weighted by molar-refractivity contribution is 6.32. The van der Waals surface area contributed by atoms with E-state index in [-0.39, 0.29) is 75.6 Å². The van der Waals surface area contributed by atoms with Gasteiger partial charge in [-0.3, -0.25) is 29.4 Å². The van der Waals surface area contributed by atoms with Gasteiger partial charge in [-0.05, 0) is 110 Å². The van der Waals surface area contributed by atoms with Crippen LogP contribution in [-0.2, 0) is 49.1 Å². The van der Waals surface area contributed by atoms with E-state index in [0.717, 1.165) is 33.4 Å². The van der Waals surface area contributed by atoms with Crippen LogP contribution in [0, 0.1) is 36.5 Å². The van der Waals surface area contributed by atoms with Crippen molar-refractivity contribution in [2.45, 2.75) is 105 Å². The number of nitriles is 2. The fraction of sp³-hybridized carbons (Fsp3) is 0.345. The van der Waals surface area contributed by atoms with Crippen molar-refractivity contribution in [1.82, 2.24) is 19.8 Å². The third-order valence-electron chi connectivity index (χ3n) is 12.8. The number of aliphatic carboxylic acids is 2. The number of aromatic nitrogens is 2. The molecular weight excluding hydrogens is 1010 g/mol. The molecule has 0 amide bonds. The van der Waals surface area contributed by atoms with Gasteiger partial charge in [-0.15, -0.1) is 0 Å². The van der Waals surface area contributed by atoms with Gasteiger partial charge in [0.05, 0.1) is 21.2 Å². The fourth-order valence-electron chi connectivity index (χ4n) is 8.91. The second kappa shape index (κ2) is 28.6. The number of nitrogens with zero attached hydrogens (tertiary/aromatic N) is 6. The average Bonchev–Trinajstić information content (AvgIpc) is 3.42. The lowest BCUT2D eigenvalue weighted by molar-refractivity contribution is -0.145. The van der Waals surface area contributed by atoms with Crippen molar-refractivity contribution in [3.05, 3.63) is 163 Å². The Labute approximate surface area is 453 Å². The van der Waals surface area contributed by atoms with E-state index in [0.29, 0.717) is 82.3 Å². The molecule has 0 aliphatic heterocycles. The van der Waals surface area contributed by atoms with E-state index in [1.54, 1.807) is 58.6 Å². The van der Waals surface area contributed by atoms with E-state index in [2.05, 4.69) is 22.1 Å². The van der Waals surface area contributed by atoms with Gasteiger partial charge in [-0.2, -0.15) is 10.5 Å². The van der Waals surface area contributed by atoms with Crippen LogP contribution in [0.4, 0.5) is 0 Å². The summed E-state index contributed by atoms with van der Waals surface area (Å²) in [5.74, 6) is -0.615. The van der Waals surface area contributed by atoms with Crippen LogP contribution in [-0.4, -0.2) is 90.5 Å². The van der Waals surface area contributed by atoms with Crippen molar-refractivity contribution in [2.75, 3.05) is 26.3 Å². The molecule has 76 heavy (non-hydrogen) atoms. The number of ether oxygens (including phenoxy) is 4. The van der Waals surface area contributed by atoms with Crippen molar-refractivity contribution >= 4 is 35.1 Å². The second-order valence-electron chi connectivity index (χ2n) is 18.2. The van der Waals surface area contributed by atoms with Crippen LogP contribution in [0.15, 0.2) is 97.6 Å². The molecular formula is C58H62Cl2N6O10. The molecule has 2 heterocycles. The van der Waals surface area contributed by atoms with Crippen LogP contribution in [0.2, 0.25) is 10.0 Å². The number of benzene rings is 4. The van der Waals surface area contributed by atoms with Crippen LogP contribution >= 0.6 is 23.2 Å². The summed E-state index contributed by atoms with van der Waals surface area (Å²) < 4.78 is 25.6. The fourth-order valence-corrected chi connectivity index (χ4v) is 9.39. The molecule has 6 aromatic rings. The highest BCUT2D eigenvalue weighted by Gasteiger charge is 2.28. The molecule has 2 aromatic heterocycles. The molecule has 2 unspecified atom stereocenters. The number of aliphatic hydroxyl groups excluding tert-OH is 2. The number of pyridine rings is 2. The Bertz CT molecular complexity index is 2850. The maximum atomic E-state index is 12.3. The van der Waals surface area contributed by atoms with Crippen LogP contribution < -0.4 is 18.9 Å². The first-order valence-corrected chi connectivity index (χ1v) is 25.6. The topological polar surface area (TPSA) is 232 Å². The molecule has 4 N–H and O–H groups in total. The standard InChI is InChI=1S/C58H62Cl2N6O10/c1-5-15-65(51(13-17-67)57(69)70)31-45-21-49(59)55(23-53(45)73-33-41-19-39(25-61)27-63-29-41)75-35-43-9-7-11-47(37(43)3)48-12-8-10-44(38(48)4)36-76-56-24-54(74-34-42-20-40(26-62)28-64-30-42)46(22-50(56)60)32-66(16-6-2)52(14-18-68)58(71)72/h7-12,19-24,27-30,51-52,67-68H,5-6,13-18,31-36H2,1-4H3,(H,69,70)(H,71,72). The van der Waals surface area contributed by atoms with Crippen molar-refractivity contribution in [3.8, 4) is 46.3 Å². The molecule has 18 heteroatoms. The predicted molar refractivity (Wildman–Crippen MR) is 287 cm³/mol. The van der Waals surface area contributed by atoms with Gasteiger partial charge in [0.2, 0.25) is 0 Å². The van der Waals surface area contributed by atoms with Crippen molar-refractivity contribution in [2.24, 2.45) is 0 Å². The Hall–Kier alpha value is -7.28. The van der Waals surface area contributed by atoms with Crippen molar-refractivity contribution in [3.63, 3.8) is 0 Å². The maximum absolute atomic E-state index is 12.3. The minimum Gasteiger partial charge on any atom is -0.488 e. The molecule has 0 saturated heterocycles. The van der Waals surface area contributed by atoms with Crippen molar-refractivity contribution in [1.29, 1.82) is 10.5 Å². The minimum absolute atomic E-state index is 0.0392. The molecule has 0 fully saturated rings. The Balaban J connectivity index is 1.25. The van der Waals surface area contributed by atoms with E-state index in [1.807, 2.05) is 64.1 Å². The molecule has 0 saturated carbocycles. The SMILES string of the molecule is CCCN(Cc1cc(Cl)c(OCc2cccc(-c3cccc(COc4cc(OCc5cncc(C#N)c5)c(CN(CCC)C(CCO)C(=O)O)cc4Cl)c3C)c2C)cc1OCc1cncc(C#N)c1)C(CCO)C(=O)O. The summed E-state index contributed by atoms with van der Waals surface area (Å²) >= 11 is 13.9. The van der Waals surface area contributed by atoms with Crippen LogP contribution in [0.5, 0.6) is 23.0 Å². The highest BCUT2D eigenvalue weighted by Crippen LogP contribution is 2.38. The van der Waals surface area contributed by atoms with Gasteiger partial charge >= 0.3 is 11.9 Å². The van der Waals surface area contributed by atoms with Gasteiger partial charge in [-0.25, -0.2) is 0 Å². The molecule has 0 aliphatic rings. The molecule has 0 radical (unpaired) electrons. The summed E-state index contributed by atoms with van der Waals surface area (Å²) in [5.41, 5.74) is 8.93. The number of carbonyl (C=O) groups is 2. The second-order valence-corrected chi connectivity index (χ2v) is 19.0. The van der Waals surface area contributed by atoms with E-state index in [1.165, 1.54) is 12.4 Å². The highest BCUT2D eigenvalue weighted by atomic mass is 35.5. The molecule has 6 rings (SSSR count). The monoisotopic (exact) mass is 1070 g/mol. The van der Waals surface area contributed by atoms with E-state index < -0.39 is 24.0 Å². The third kappa shape index (κ3) is 15.4. The van der Waals surface area contributed by atoms with Gasteiger partial charge in [0.1, 0.15) is 73.6 Å². The summed E-state index contributed by atoms with van der Waals surface area (Å²) in [6.07, 6.45) is 7.53. The summed E-state index contributed by atoms with van der Waals surface area (Å²) in [6.45, 7) is 8.94. The molecule has 398 valence electrons. The first-order chi connectivity index (χ1) is 36.7. The summed E-state index contributed by atoms with van der Waals surface area (Å²) in [5, 5.41) is 59.1. The lowest BCUT2D eigenvalue weighted by Crippen LogP contribution is -2.42. The first kappa shape index (κ1) is 58.0. The Morgan fingerprint density at radius 3 is 1.33 bits per heavy atom. The van der Waals surface area contributed by atoms with Gasteiger partial charge in [-0.1, -0.05) is 73.4 Å². The van der Waals surface area contributed by atoms with Crippen LogP contribution in [0.1, 0.15) is 95.2 Å². The smallest absolute Gasteiger partial charge is 0.321 e. The lowest BCUT2D eigenvalue weighted by atomic mass is 9.92. The Kier molecular flexibility index (Phi) is 21.8. The third-order valence-corrected chi connectivity index (χ3v) is 13.4. The largest absolute Gasteiger partial charge is 0.488 e. The molecule has 2 atom stereocenters. The van der Waals surface area contributed by atoms with E-state index in [4.69, 9.17) is 42.1 Å². The summed E-state index contributed by atoms with van der Waals surface area (Å²) in [6, 6.07) is 24.4. The predicted octanol–water partition coefficient (Wildman–Crippen LogP) is 10.2. The Morgan fingerprint density at radius 2 is 0.974 bits per heavy atom. The molecule has 0 aliphatic carbocycles. The van der Waals surface area contributed by atoms with E-state index in [9.17, 15) is 40.5 Å². The number of halogens is 2. The van der Waals surface area contributed by atoms with Gasteiger partial charge in [0.15, 0.2) is 0 Å². The number of carboxylic acid groups (broad SMARTS) is 2. The summed E-state index contributed by atoms with van der Waals surface area (Å²) in [7, 11) is 0. The van der Waals surface area contributed by atoms with Gasteiger partial charge in [0, 0.05) is 85.5 Å². The van der Waals surface area contributed by atoms with Crippen molar-refractivity contribution < 1.29 is 49.0 Å². The number of hydrogen-bond acceptors (Lipinski definition) is 14. The Morgan fingerprint density at radius 1 is 0.579 bits per heavy atom. The molecule has 0 spiro atoms. The maximum Gasteiger partial charge on any atom is 0.321 e. The number of aliphatic hydroxyl groups is 2. The summed E-state index contributed by atoms with van der Waals surface area (Å²) in [4.78, 5) is 36.5. The average molecular weight is 1070 g/mol. The first-order valence-electron chi connectivity index (χ1n) is 24.9. The zero-order chi connectivity index (χ0) is 54.7. The van der Waals surface area contributed by atoms with Crippen LogP contribution in [0.25, 0.3) is 11.1 Å². The quantitative estimate of drug-likeness (QED) is 0.0342. The molecule has 0 bridgehead atoms. The lowest BCUT2D eigenvalue weighted by Gasteiger charge is -2.29. The zero-order valence-corrected chi connectivity index (χ0v) is 44.5. The van der Waals surface area contributed by atoms with Gasteiger partial charge in [0.25, 0.3) is 0 Å². The van der Waals surface area contributed by atoms with E-state index >= 15 is 0 Å². The van der Waals surface area contributed by atoms with Crippen LogP contribution in [0.3, 0.4) is 0 Å². The normalized spacial score (nSPS) is 11.9. The molecule has 16 nitrogen and oxygen atoms in total. The minimum atomic E-state index is -1.05.